The van der Waals surface area contributed by atoms with Crippen molar-refractivity contribution in [2.45, 2.75) is 13.0 Å². The molecule has 0 aliphatic heterocycles. The number of anilines is 1. The minimum absolute atomic E-state index is 0.176. The second-order valence-corrected chi connectivity index (χ2v) is 6.64. The summed E-state index contributed by atoms with van der Waals surface area (Å²) < 4.78 is 6.06. The number of benzene rings is 2. The van der Waals surface area contributed by atoms with Crippen LogP contribution in [0.2, 0.25) is 0 Å². The van der Waals surface area contributed by atoms with Crippen molar-refractivity contribution in [2.75, 3.05) is 5.32 Å². The highest BCUT2D eigenvalue weighted by Crippen LogP contribution is 2.20. The first-order valence-corrected chi connectivity index (χ1v) is 8.84. The molecule has 5 nitrogen and oxygen atoms in total. The van der Waals surface area contributed by atoms with Crippen molar-refractivity contribution >= 4 is 33.4 Å². The van der Waals surface area contributed by atoms with Crippen LogP contribution in [0, 0.1) is 0 Å². The van der Waals surface area contributed by atoms with Crippen molar-refractivity contribution in [1.82, 2.24) is 5.32 Å². The Morgan fingerprint density at radius 2 is 1.69 bits per heavy atom. The first kappa shape index (κ1) is 17.9. The van der Waals surface area contributed by atoms with Crippen molar-refractivity contribution in [1.29, 1.82) is 0 Å². The van der Waals surface area contributed by atoms with Crippen LogP contribution >= 0.6 is 15.9 Å². The molecule has 132 valence electrons. The molecule has 2 N–H and O–H groups in total. The summed E-state index contributed by atoms with van der Waals surface area (Å²) in [7, 11) is 0. The van der Waals surface area contributed by atoms with Crippen molar-refractivity contribution in [2.24, 2.45) is 0 Å². The Morgan fingerprint density at radius 1 is 0.962 bits per heavy atom. The third kappa shape index (κ3) is 4.21. The third-order valence-electron chi connectivity index (χ3n) is 3.88. The number of hydrogen-bond acceptors (Lipinski definition) is 3. The molecule has 0 aliphatic rings. The predicted octanol–water partition coefficient (Wildman–Crippen LogP) is 4.79. The summed E-state index contributed by atoms with van der Waals surface area (Å²) in [5, 5.41) is 5.67. The van der Waals surface area contributed by atoms with Gasteiger partial charge in [-0.1, -0.05) is 40.2 Å². The molecule has 0 aliphatic carbocycles. The Balaban J connectivity index is 1.75. The number of rotatable bonds is 5. The second-order valence-electron chi connectivity index (χ2n) is 5.72. The number of halogens is 1. The molecule has 6 heteroatoms. The van der Waals surface area contributed by atoms with Gasteiger partial charge >= 0.3 is 0 Å². The highest BCUT2D eigenvalue weighted by Gasteiger charge is 2.17. The van der Waals surface area contributed by atoms with Crippen molar-refractivity contribution in [3.63, 3.8) is 0 Å². The molecule has 2 amide bonds. The van der Waals surface area contributed by atoms with Crippen molar-refractivity contribution in [3.05, 3.63) is 88.3 Å². The Kier molecular flexibility index (Phi) is 5.53. The highest BCUT2D eigenvalue weighted by molar-refractivity contribution is 9.10. The number of furan rings is 1. The maximum atomic E-state index is 12.7. The van der Waals surface area contributed by atoms with Crippen LogP contribution in [0.15, 0.2) is 75.8 Å². The maximum absolute atomic E-state index is 12.7. The first-order valence-electron chi connectivity index (χ1n) is 8.05. The molecule has 0 saturated heterocycles. The summed E-state index contributed by atoms with van der Waals surface area (Å²) >= 11 is 3.40. The molecule has 3 aromatic rings. The van der Waals surface area contributed by atoms with Crippen LogP contribution in [-0.4, -0.2) is 11.8 Å². The van der Waals surface area contributed by atoms with Gasteiger partial charge in [0.25, 0.3) is 11.8 Å². The molecule has 3 rings (SSSR count). The van der Waals surface area contributed by atoms with Gasteiger partial charge in [0.2, 0.25) is 0 Å². The van der Waals surface area contributed by atoms with Crippen LogP contribution in [0.25, 0.3) is 0 Å². The van der Waals surface area contributed by atoms with E-state index in [1.54, 1.807) is 36.4 Å². The van der Waals surface area contributed by atoms with Crippen molar-refractivity contribution < 1.29 is 14.0 Å². The van der Waals surface area contributed by atoms with E-state index >= 15 is 0 Å². The van der Waals surface area contributed by atoms with E-state index in [-0.39, 0.29) is 17.7 Å². The molecule has 0 spiro atoms. The fourth-order valence-corrected chi connectivity index (χ4v) is 2.76. The van der Waals surface area contributed by atoms with Gasteiger partial charge < -0.3 is 15.1 Å². The quantitative estimate of drug-likeness (QED) is 0.632. The number of nitrogens with one attached hydrogen (secondary N) is 2. The molecule has 1 heterocycles. The Morgan fingerprint density at radius 3 is 2.38 bits per heavy atom. The number of para-hydroxylation sites is 1. The van der Waals surface area contributed by atoms with Crippen LogP contribution in [-0.2, 0) is 0 Å². The Bertz CT molecular complexity index is 905. The summed E-state index contributed by atoms with van der Waals surface area (Å²) in [5.74, 6) is -0.490. The SMILES string of the molecule is CC(NC(=O)c1ccccc1NC(=O)c1ccco1)c1ccc(Br)cc1. The van der Waals surface area contributed by atoms with E-state index in [2.05, 4.69) is 26.6 Å². The molecule has 1 atom stereocenters. The zero-order chi connectivity index (χ0) is 18.5. The lowest BCUT2D eigenvalue weighted by Crippen LogP contribution is -2.28. The van der Waals surface area contributed by atoms with Crippen LogP contribution < -0.4 is 10.6 Å². The van der Waals surface area contributed by atoms with Crippen molar-refractivity contribution in [3.8, 4) is 0 Å². The molecule has 1 aromatic heterocycles. The van der Waals surface area contributed by atoms with Gasteiger partial charge in [-0.15, -0.1) is 0 Å². The summed E-state index contributed by atoms with van der Waals surface area (Å²) in [6, 6.07) is 17.6. The Labute approximate surface area is 159 Å². The lowest BCUT2D eigenvalue weighted by atomic mass is 10.1. The van der Waals surface area contributed by atoms with Gasteiger partial charge in [0.05, 0.1) is 23.6 Å². The van der Waals surface area contributed by atoms with Crippen LogP contribution in [0.1, 0.15) is 39.4 Å². The highest BCUT2D eigenvalue weighted by atomic mass is 79.9. The fraction of sp³-hybridized carbons (Fsp3) is 0.100. The average molecular weight is 413 g/mol. The van der Waals surface area contributed by atoms with Gasteiger partial charge in [0.15, 0.2) is 5.76 Å². The van der Waals surface area contributed by atoms with Gasteiger partial charge in [-0.05, 0) is 48.9 Å². The predicted molar refractivity (Wildman–Crippen MR) is 103 cm³/mol. The molecule has 0 radical (unpaired) electrons. The molecule has 0 bridgehead atoms. The maximum Gasteiger partial charge on any atom is 0.291 e. The number of carbonyl (C=O) groups excluding carboxylic acids is 2. The molecular weight excluding hydrogens is 396 g/mol. The molecular formula is C20H17BrN2O3. The number of amides is 2. The number of hydrogen-bond donors (Lipinski definition) is 2. The van der Waals surface area contributed by atoms with Gasteiger partial charge in [-0.25, -0.2) is 0 Å². The lowest BCUT2D eigenvalue weighted by Gasteiger charge is -2.16. The lowest BCUT2D eigenvalue weighted by molar-refractivity contribution is 0.0941. The average Bonchev–Trinajstić information content (AvgIpc) is 3.17. The first-order chi connectivity index (χ1) is 12.5. The second kappa shape index (κ2) is 8.01. The van der Waals surface area contributed by atoms with Crippen LogP contribution in [0.3, 0.4) is 0 Å². The van der Waals surface area contributed by atoms with Gasteiger partial charge in [-0.2, -0.15) is 0 Å². The molecule has 2 aromatic carbocycles. The zero-order valence-corrected chi connectivity index (χ0v) is 15.6. The van der Waals surface area contributed by atoms with E-state index in [1.807, 2.05) is 31.2 Å². The van der Waals surface area contributed by atoms with Gasteiger partial charge in [0.1, 0.15) is 0 Å². The fourth-order valence-electron chi connectivity index (χ4n) is 2.49. The summed E-state index contributed by atoms with van der Waals surface area (Å²) in [6.07, 6.45) is 1.42. The molecule has 0 fully saturated rings. The summed E-state index contributed by atoms with van der Waals surface area (Å²) in [5.41, 5.74) is 1.80. The molecule has 0 saturated carbocycles. The van der Waals surface area contributed by atoms with E-state index in [1.165, 1.54) is 6.26 Å². The Hall–Kier alpha value is -2.86. The van der Waals surface area contributed by atoms with Crippen LogP contribution in [0.5, 0.6) is 0 Å². The topological polar surface area (TPSA) is 71.3 Å². The van der Waals surface area contributed by atoms with E-state index in [0.29, 0.717) is 11.3 Å². The molecule has 1 unspecified atom stereocenters. The van der Waals surface area contributed by atoms with Gasteiger partial charge in [-0.3, -0.25) is 9.59 Å². The van der Waals surface area contributed by atoms with E-state index < -0.39 is 5.91 Å². The zero-order valence-electron chi connectivity index (χ0n) is 14.0. The minimum atomic E-state index is -0.406. The smallest absolute Gasteiger partial charge is 0.291 e. The summed E-state index contributed by atoms with van der Waals surface area (Å²) in [6.45, 7) is 1.91. The minimum Gasteiger partial charge on any atom is -0.459 e. The van der Waals surface area contributed by atoms with E-state index in [4.69, 9.17) is 4.42 Å². The normalized spacial score (nSPS) is 11.6. The standard InChI is InChI=1S/C20H17BrN2O3/c1-13(14-8-10-15(21)11-9-14)22-19(24)16-5-2-3-6-17(16)23-20(25)18-7-4-12-26-18/h2-13H,1H3,(H,22,24)(H,23,25). The van der Waals surface area contributed by atoms with Gasteiger partial charge in [0, 0.05) is 4.47 Å². The van der Waals surface area contributed by atoms with E-state index in [9.17, 15) is 9.59 Å². The largest absolute Gasteiger partial charge is 0.459 e. The van der Waals surface area contributed by atoms with Crippen LogP contribution in [0.4, 0.5) is 5.69 Å². The van der Waals surface area contributed by atoms with E-state index in [0.717, 1.165) is 10.0 Å². The molecule has 26 heavy (non-hydrogen) atoms. The third-order valence-corrected chi connectivity index (χ3v) is 4.41. The summed E-state index contributed by atoms with van der Waals surface area (Å²) in [4.78, 5) is 24.9. The number of carbonyl (C=O) groups is 2. The monoisotopic (exact) mass is 412 g/mol.